The highest BCUT2D eigenvalue weighted by Crippen LogP contribution is 2.29. The summed E-state index contributed by atoms with van der Waals surface area (Å²) in [6.07, 6.45) is 3.51. The van der Waals surface area contributed by atoms with E-state index in [-0.39, 0.29) is 18.4 Å². The summed E-state index contributed by atoms with van der Waals surface area (Å²) in [7, 11) is 0. The van der Waals surface area contributed by atoms with Crippen LogP contribution in [0.5, 0.6) is 5.75 Å². The van der Waals surface area contributed by atoms with Crippen LogP contribution in [0.4, 0.5) is 0 Å². The predicted octanol–water partition coefficient (Wildman–Crippen LogP) is 3.57. The normalized spacial score (nSPS) is 11.3. The molecule has 0 aliphatic carbocycles. The van der Waals surface area contributed by atoms with Crippen LogP contribution in [0.1, 0.15) is 26.5 Å². The molecule has 8 heteroatoms. The predicted molar refractivity (Wildman–Crippen MR) is 110 cm³/mol. The summed E-state index contributed by atoms with van der Waals surface area (Å²) in [4.78, 5) is 20.6. The van der Waals surface area contributed by atoms with Gasteiger partial charge >= 0.3 is 0 Å². The summed E-state index contributed by atoms with van der Waals surface area (Å²) in [5.74, 6) is 1.33. The van der Waals surface area contributed by atoms with Gasteiger partial charge in [0.1, 0.15) is 11.4 Å². The Morgan fingerprint density at radius 1 is 1.28 bits per heavy atom. The van der Waals surface area contributed by atoms with E-state index in [9.17, 15) is 4.79 Å². The highest BCUT2D eigenvalue weighted by molar-refractivity contribution is 5.92. The van der Waals surface area contributed by atoms with E-state index >= 15 is 0 Å². The zero-order valence-electron chi connectivity index (χ0n) is 16.8. The molecule has 0 aliphatic rings. The number of benzene rings is 1. The first kappa shape index (κ1) is 18.8. The van der Waals surface area contributed by atoms with E-state index in [1.54, 1.807) is 24.0 Å². The molecule has 0 saturated heterocycles. The lowest BCUT2D eigenvalue weighted by Crippen LogP contribution is -2.09. The van der Waals surface area contributed by atoms with E-state index < -0.39 is 0 Å². The Labute approximate surface area is 168 Å². The second-order valence-electron chi connectivity index (χ2n) is 7.22. The molecule has 0 radical (unpaired) electrons. The fraction of sp³-hybridized carbons (Fsp3) is 0.286. The van der Waals surface area contributed by atoms with Crippen molar-refractivity contribution < 1.29 is 9.53 Å². The fourth-order valence-corrected chi connectivity index (χ4v) is 3.20. The molecule has 148 valence electrons. The lowest BCUT2D eigenvalue weighted by atomic mass is 10.1. The maximum absolute atomic E-state index is 11.4. The molecule has 0 saturated carbocycles. The zero-order valence-corrected chi connectivity index (χ0v) is 16.8. The Balaban J connectivity index is 1.74. The minimum atomic E-state index is 0.0496. The third kappa shape index (κ3) is 3.73. The molecule has 1 N–H and O–H groups in total. The number of H-pyrrole nitrogens is 1. The van der Waals surface area contributed by atoms with Crippen molar-refractivity contribution in [2.24, 2.45) is 0 Å². The Bertz CT molecular complexity index is 1190. The summed E-state index contributed by atoms with van der Waals surface area (Å²) in [5.41, 5.74) is 4.01. The summed E-state index contributed by atoms with van der Waals surface area (Å²) < 4.78 is 7.48. The number of nitrogens with one attached hydrogen (secondary N) is 1. The maximum Gasteiger partial charge on any atom is 0.181 e. The summed E-state index contributed by atoms with van der Waals surface area (Å²) >= 11 is 0. The minimum absolute atomic E-state index is 0.0496. The molecule has 4 rings (SSSR count). The molecule has 0 unspecified atom stereocenters. The Morgan fingerprint density at radius 2 is 2.10 bits per heavy atom. The number of aromatic nitrogens is 6. The second kappa shape index (κ2) is 7.46. The van der Waals surface area contributed by atoms with Gasteiger partial charge in [0.25, 0.3) is 0 Å². The number of fused-ring (bicyclic) bond motifs is 1. The van der Waals surface area contributed by atoms with Crippen molar-refractivity contribution in [1.29, 1.82) is 0 Å². The summed E-state index contributed by atoms with van der Waals surface area (Å²) in [6.45, 7) is 7.69. The molecule has 3 heterocycles. The lowest BCUT2D eigenvalue weighted by Gasteiger charge is -2.09. The van der Waals surface area contributed by atoms with Crippen LogP contribution in [0.25, 0.3) is 33.7 Å². The first-order valence-electron chi connectivity index (χ1n) is 9.43. The van der Waals surface area contributed by atoms with Gasteiger partial charge in [-0.1, -0.05) is 0 Å². The second-order valence-corrected chi connectivity index (χ2v) is 7.22. The SMILES string of the molecule is CC(=O)Cn1ncc(-c2ccnc(-c3n[nH]c4ccc(OC(C)C)cc34)n2)c1C. The van der Waals surface area contributed by atoms with Crippen LogP contribution >= 0.6 is 0 Å². The average Bonchev–Trinajstić information content (AvgIpc) is 3.25. The standard InChI is InChI=1S/C21H22N6O2/c1-12(2)29-15-5-6-19-16(9-15)20(26-25-19)21-22-8-7-18(24-21)17-10-23-27(14(17)4)11-13(3)28/h5-10,12H,11H2,1-4H3,(H,25,26). The quantitative estimate of drug-likeness (QED) is 0.540. The van der Waals surface area contributed by atoms with E-state index in [4.69, 9.17) is 9.72 Å². The van der Waals surface area contributed by atoms with Crippen molar-refractivity contribution in [2.45, 2.75) is 40.3 Å². The van der Waals surface area contributed by atoms with Gasteiger partial charge in [0, 0.05) is 22.8 Å². The molecule has 0 bridgehead atoms. The maximum atomic E-state index is 11.4. The van der Waals surface area contributed by atoms with Gasteiger partial charge in [-0.2, -0.15) is 10.2 Å². The number of ether oxygens (including phenoxy) is 1. The molecule has 0 spiro atoms. The first-order valence-corrected chi connectivity index (χ1v) is 9.43. The Morgan fingerprint density at radius 3 is 2.86 bits per heavy atom. The van der Waals surface area contributed by atoms with Crippen molar-refractivity contribution in [2.75, 3.05) is 0 Å². The van der Waals surface area contributed by atoms with Crippen LogP contribution < -0.4 is 4.74 Å². The van der Waals surface area contributed by atoms with Crippen LogP contribution in [0.3, 0.4) is 0 Å². The largest absolute Gasteiger partial charge is 0.491 e. The van der Waals surface area contributed by atoms with Crippen molar-refractivity contribution in [1.82, 2.24) is 29.9 Å². The average molecular weight is 390 g/mol. The van der Waals surface area contributed by atoms with E-state index in [2.05, 4.69) is 20.3 Å². The number of hydrogen-bond acceptors (Lipinski definition) is 6. The van der Waals surface area contributed by atoms with Gasteiger partial charge < -0.3 is 4.74 Å². The third-order valence-electron chi connectivity index (χ3n) is 4.53. The summed E-state index contributed by atoms with van der Waals surface area (Å²) in [6, 6.07) is 7.62. The van der Waals surface area contributed by atoms with Crippen LogP contribution in [-0.2, 0) is 11.3 Å². The smallest absolute Gasteiger partial charge is 0.181 e. The number of hydrogen-bond donors (Lipinski definition) is 1. The highest BCUT2D eigenvalue weighted by Gasteiger charge is 2.16. The van der Waals surface area contributed by atoms with E-state index in [0.717, 1.165) is 33.6 Å². The molecule has 0 fully saturated rings. The number of ketones is 1. The van der Waals surface area contributed by atoms with Crippen LogP contribution in [0.15, 0.2) is 36.7 Å². The molecule has 4 aromatic rings. The van der Waals surface area contributed by atoms with Gasteiger partial charge in [-0.3, -0.25) is 14.6 Å². The Hall–Kier alpha value is -3.55. The van der Waals surface area contributed by atoms with Crippen LogP contribution in [0.2, 0.25) is 0 Å². The highest BCUT2D eigenvalue weighted by atomic mass is 16.5. The molecular formula is C21H22N6O2. The van der Waals surface area contributed by atoms with Crippen molar-refractivity contribution in [3.63, 3.8) is 0 Å². The number of aromatic amines is 1. The summed E-state index contributed by atoms with van der Waals surface area (Å²) in [5, 5.41) is 12.6. The third-order valence-corrected chi connectivity index (χ3v) is 4.53. The monoisotopic (exact) mass is 390 g/mol. The molecule has 0 atom stereocenters. The number of carbonyl (C=O) groups excluding carboxylic acids is 1. The number of nitrogens with zero attached hydrogens (tertiary/aromatic N) is 5. The molecule has 0 aliphatic heterocycles. The topological polar surface area (TPSA) is 98.6 Å². The molecule has 1 aromatic carbocycles. The van der Waals surface area contributed by atoms with Crippen LogP contribution in [-0.4, -0.2) is 41.8 Å². The van der Waals surface area contributed by atoms with E-state index in [1.165, 1.54) is 0 Å². The number of Topliss-reactive ketones (excluding diaryl/α,β-unsaturated/α-hetero) is 1. The van der Waals surface area contributed by atoms with Gasteiger partial charge in [-0.15, -0.1) is 0 Å². The van der Waals surface area contributed by atoms with Crippen molar-refractivity contribution in [3.8, 4) is 28.5 Å². The van der Waals surface area contributed by atoms with Crippen LogP contribution in [0, 0.1) is 6.92 Å². The van der Waals surface area contributed by atoms with Gasteiger partial charge in [-0.25, -0.2) is 9.97 Å². The van der Waals surface area contributed by atoms with E-state index in [0.29, 0.717) is 11.5 Å². The zero-order chi connectivity index (χ0) is 20.5. The molecule has 29 heavy (non-hydrogen) atoms. The van der Waals surface area contributed by atoms with Gasteiger partial charge in [-0.05, 0) is 52.0 Å². The molecule has 0 amide bonds. The number of rotatable bonds is 6. The molecular weight excluding hydrogens is 368 g/mol. The Kier molecular flexibility index (Phi) is 4.84. The molecule has 3 aromatic heterocycles. The van der Waals surface area contributed by atoms with E-state index in [1.807, 2.05) is 45.0 Å². The van der Waals surface area contributed by atoms with Gasteiger partial charge in [0.2, 0.25) is 0 Å². The molecule has 8 nitrogen and oxygen atoms in total. The van der Waals surface area contributed by atoms with Gasteiger partial charge in [0.05, 0.1) is 30.1 Å². The fourth-order valence-electron chi connectivity index (χ4n) is 3.20. The number of carbonyl (C=O) groups is 1. The van der Waals surface area contributed by atoms with Gasteiger partial charge in [0.15, 0.2) is 11.6 Å². The van der Waals surface area contributed by atoms with Crippen molar-refractivity contribution in [3.05, 3.63) is 42.4 Å². The minimum Gasteiger partial charge on any atom is -0.491 e. The first-order chi connectivity index (χ1) is 13.9. The van der Waals surface area contributed by atoms with Crippen molar-refractivity contribution >= 4 is 16.7 Å². The lowest BCUT2D eigenvalue weighted by molar-refractivity contribution is -0.117.